The standard InChI is InChI=1S/C18H32O6/c1-12-13(19)11-14(20)16(22-12)24-18(5,6)10-8-7-9-15(21)23-17(2,3)4/h7,9,12-14,16,19-20H,8,10-11H2,1-6H3/b9-7+/t12-,13+,14+,16?/m0/s1. The highest BCUT2D eigenvalue weighted by Crippen LogP contribution is 2.27. The molecule has 1 unspecified atom stereocenters. The van der Waals surface area contributed by atoms with E-state index in [1.54, 1.807) is 13.0 Å². The van der Waals surface area contributed by atoms with E-state index in [9.17, 15) is 15.0 Å². The monoisotopic (exact) mass is 344 g/mol. The topological polar surface area (TPSA) is 85.2 Å². The lowest BCUT2D eigenvalue weighted by molar-refractivity contribution is -0.291. The van der Waals surface area contributed by atoms with E-state index in [0.29, 0.717) is 12.8 Å². The van der Waals surface area contributed by atoms with Gasteiger partial charge in [-0.05, 0) is 54.4 Å². The smallest absolute Gasteiger partial charge is 0.330 e. The fraction of sp³-hybridized carbons (Fsp3) is 0.833. The Labute approximate surface area is 144 Å². The maximum absolute atomic E-state index is 11.6. The lowest BCUT2D eigenvalue weighted by Crippen LogP contribution is -2.49. The van der Waals surface area contributed by atoms with Crippen LogP contribution < -0.4 is 0 Å². The Morgan fingerprint density at radius 2 is 1.83 bits per heavy atom. The molecular weight excluding hydrogens is 312 g/mol. The number of esters is 1. The summed E-state index contributed by atoms with van der Waals surface area (Å²) in [5, 5.41) is 19.7. The van der Waals surface area contributed by atoms with E-state index < -0.39 is 29.7 Å². The molecule has 6 heteroatoms. The SMILES string of the molecule is C[C@@H]1OC(OC(C)(C)CC/C=C/C(=O)OC(C)(C)C)[C@H](O)C[C@H]1O. The summed E-state index contributed by atoms with van der Waals surface area (Å²) in [5.74, 6) is -0.366. The summed E-state index contributed by atoms with van der Waals surface area (Å²) >= 11 is 0. The van der Waals surface area contributed by atoms with Crippen LogP contribution in [0.3, 0.4) is 0 Å². The van der Waals surface area contributed by atoms with Gasteiger partial charge in [-0.15, -0.1) is 0 Å². The van der Waals surface area contributed by atoms with Gasteiger partial charge in [0.05, 0.1) is 17.8 Å². The van der Waals surface area contributed by atoms with Crippen molar-refractivity contribution >= 4 is 5.97 Å². The number of allylic oxidation sites excluding steroid dienone is 1. The molecule has 0 amide bonds. The molecule has 0 bridgehead atoms. The number of aliphatic hydroxyl groups excluding tert-OH is 2. The van der Waals surface area contributed by atoms with Gasteiger partial charge in [0.1, 0.15) is 11.7 Å². The van der Waals surface area contributed by atoms with E-state index in [0.717, 1.165) is 0 Å². The normalized spacial score (nSPS) is 29.0. The van der Waals surface area contributed by atoms with Gasteiger partial charge < -0.3 is 24.4 Å². The van der Waals surface area contributed by atoms with E-state index in [1.807, 2.05) is 34.6 Å². The molecule has 0 spiro atoms. The molecular formula is C18H32O6. The van der Waals surface area contributed by atoms with Crippen LogP contribution in [0.15, 0.2) is 12.2 Å². The molecule has 1 aliphatic heterocycles. The van der Waals surface area contributed by atoms with Gasteiger partial charge in [-0.1, -0.05) is 6.08 Å². The Kier molecular flexibility index (Phi) is 7.41. The highest BCUT2D eigenvalue weighted by atomic mass is 16.7. The molecule has 0 radical (unpaired) electrons. The minimum absolute atomic E-state index is 0.237. The van der Waals surface area contributed by atoms with E-state index in [-0.39, 0.29) is 18.5 Å². The van der Waals surface area contributed by atoms with Crippen LogP contribution >= 0.6 is 0 Å². The van der Waals surface area contributed by atoms with Crippen LogP contribution in [-0.2, 0) is 19.0 Å². The number of rotatable bonds is 6. The maximum atomic E-state index is 11.6. The largest absolute Gasteiger partial charge is 0.457 e. The van der Waals surface area contributed by atoms with Gasteiger partial charge in [0.2, 0.25) is 0 Å². The minimum atomic E-state index is -0.854. The summed E-state index contributed by atoms with van der Waals surface area (Å²) < 4.78 is 16.6. The minimum Gasteiger partial charge on any atom is -0.457 e. The summed E-state index contributed by atoms with van der Waals surface area (Å²) in [6.07, 6.45) is 2.03. The van der Waals surface area contributed by atoms with Crippen LogP contribution in [-0.4, -0.2) is 52.0 Å². The maximum Gasteiger partial charge on any atom is 0.330 e. The summed E-state index contributed by atoms with van der Waals surface area (Å²) in [5.41, 5.74) is -1.04. The molecule has 0 aromatic rings. The summed E-state index contributed by atoms with van der Waals surface area (Å²) in [6, 6.07) is 0. The third kappa shape index (κ3) is 7.75. The molecule has 1 rings (SSSR count). The molecule has 0 aromatic heterocycles. The van der Waals surface area contributed by atoms with Crippen LogP contribution in [0.4, 0.5) is 0 Å². The Morgan fingerprint density at radius 1 is 1.21 bits per heavy atom. The molecule has 1 heterocycles. The first-order chi connectivity index (χ1) is 10.9. The van der Waals surface area contributed by atoms with Gasteiger partial charge in [0, 0.05) is 12.5 Å². The molecule has 1 aliphatic rings. The average Bonchev–Trinajstić information content (AvgIpc) is 2.39. The Bertz CT molecular complexity index is 437. The number of hydrogen-bond donors (Lipinski definition) is 2. The first-order valence-corrected chi connectivity index (χ1v) is 8.48. The van der Waals surface area contributed by atoms with Crippen molar-refractivity contribution in [2.45, 2.75) is 96.6 Å². The summed E-state index contributed by atoms with van der Waals surface area (Å²) in [6.45, 7) is 11.0. The van der Waals surface area contributed by atoms with E-state index >= 15 is 0 Å². The predicted octanol–water partition coefficient (Wildman–Crippen LogP) is 2.32. The van der Waals surface area contributed by atoms with Crippen LogP contribution in [0, 0.1) is 0 Å². The fourth-order valence-electron chi connectivity index (χ4n) is 2.37. The molecule has 1 fully saturated rings. The molecule has 0 aromatic carbocycles. The number of ether oxygens (including phenoxy) is 3. The zero-order valence-electron chi connectivity index (χ0n) is 15.6. The van der Waals surface area contributed by atoms with E-state index in [4.69, 9.17) is 14.2 Å². The lowest BCUT2D eigenvalue weighted by Gasteiger charge is -2.39. The van der Waals surface area contributed by atoms with Crippen molar-refractivity contribution in [1.29, 1.82) is 0 Å². The first-order valence-electron chi connectivity index (χ1n) is 8.48. The van der Waals surface area contributed by atoms with Crippen LogP contribution in [0.5, 0.6) is 0 Å². The Balaban J connectivity index is 2.42. The lowest BCUT2D eigenvalue weighted by atomic mass is 10.0. The third-order valence-electron chi connectivity index (χ3n) is 3.70. The quantitative estimate of drug-likeness (QED) is 0.568. The number of hydrogen-bond acceptors (Lipinski definition) is 6. The van der Waals surface area contributed by atoms with Crippen molar-refractivity contribution in [1.82, 2.24) is 0 Å². The van der Waals surface area contributed by atoms with Gasteiger partial charge in [0.25, 0.3) is 0 Å². The van der Waals surface area contributed by atoms with Gasteiger partial charge in [-0.25, -0.2) is 4.79 Å². The molecule has 24 heavy (non-hydrogen) atoms. The van der Waals surface area contributed by atoms with Gasteiger partial charge >= 0.3 is 5.97 Å². The third-order valence-corrected chi connectivity index (χ3v) is 3.70. The van der Waals surface area contributed by atoms with Gasteiger partial charge in [0.15, 0.2) is 6.29 Å². The Morgan fingerprint density at radius 3 is 2.42 bits per heavy atom. The zero-order chi connectivity index (χ0) is 18.5. The highest BCUT2D eigenvalue weighted by Gasteiger charge is 2.37. The second-order valence-corrected chi connectivity index (χ2v) is 7.93. The van der Waals surface area contributed by atoms with E-state index in [2.05, 4.69) is 0 Å². The van der Waals surface area contributed by atoms with Crippen molar-refractivity contribution in [2.24, 2.45) is 0 Å². The molecule has 6 nitrogen and oxygen atoms in total. The average molecular weight is 344 g/mol. The fourth-order valence-corrected chi connectivity index (χ4v) is 2.37. The number of carbonyl (C=O) groups is 1. The van der Waals surface area contributed by atoms with Crippen LogP contribution in [0.1, 0.15) is 60.8 Å². The number of carbonyl (C=O) groups excluding carboxylic acids is 1. The first kappa shape index (κ1) is 21.1. The van der Waals surface area contributed by atoms with Crippen molar-refractivity contribution in [3.05, 3.63) is 12.2 Å². The molecule has 140 valence electrons. The van der Waals surface area contributed by atoms with Crippen LogP contribution in [0.2, 0.25) is 0 Å². The zero-order valence-corrected chi connectivity index (χ0v) is 15.6. The molecule has 1 saturated heterocycles. The second kappa shape index (κ2) is 8.43. The second-order valence-electron chi connectivity index (χ2n) is 7.93. The molecule has 0 saturated carbocycles. The van der Waals surface area contributed by atoms with Crippen molar-refractivity contribution in [2.75, 3.05) is 0 Å². The molecule has 4 atom stereocenters. The summed E-state index contributed by atoms with van der Waals surface area (Å²) in [4.78, 5) is 11.6. The number of aliphatic hydroxyl groups is 2. The highest BCUT2D eigenvalue weighted by molar-refractivity contribution is 5.82. The molecule has 0 aliphatic carbocycles. The van der Waals surface area contributed by atoms with Crippen molar-refractivity contribution in [3.63, 3.8) is 0 Å². The van der Waals surface area contributed by atoms with Crippen molar-refractivity contribution < 1.29 is 29.2 Å². The van der Waals surface area contributed by atoms with Crippen molar-refractivity contribution in [3.8, 4) is 0 Å². The van der Waals surface area contributed by atoms with E-state index in [1.165, 1.54) is 6.08 Å². The molecule has 2 N–H and O–H groups in total. The van der Waals surface area contributed by atoms with Gasteiger partial charge in [-0.3, -0.25) is 0 Å². The Hall–Kier alpha value is -0.950. The van der Waals surface area contributed by atoms with Crippen LogP contribution in [0.25, 0.3) is 0 Å². The predicted molar refractivity (Wildman–Crippen MR) is 90.3 cm³/mol. The summed E-state index contributed by atoms with van der Waals surface area (Å²) in [7, 11) is 0. The van der Waals surface area contributed by atoms with Gasteiger partial charge in [-0.2, -0.15) is 0 Å².